The number of carbonyl (C=O) groups is 1. The number of phenols is 1. The SMILES string of the molecule is C=CSC(=NC)NC(=O)c1cc(O)cc(OCCc2scnc2C)c1. The Balaban J connectivity index is 2.02. The third-order valence-corrected chi connectivity index (χ3v) is 4.88. The molecule has 2 aromatic rings. The minimum Gasteiger partial charge on any atom is -0.508 e. The Labute approximate surface area is 154 Å². The number of thioether (sulfide) groups is 1. The van der Waals surface area contributed by atoms with E-state index < -0.39 is 0 Å². The van der Waals surface area contributed by atoms with Crippen LogP contribution in [0.5, 0.6) is 11.5 Å². The lowest BCUT2D eigenvalue weighted by Gasteiger charge is -2.10. The van der Waals surface area contributed by atoms with Gasteiger partial charge in [-0.1, -0.05) is 18.3 Å². The van der Waals surface area contributed by atoms with E-state index in [1.165, 1.54) is 23.9 Å². The molecule has 0 atom stereocenters. The summed E-state index contributed by atoms with van der Waals surface area (Å²) in [6.45, 7) is 5.97. The van der Waals surface area contributed by atoms with Crippen LogP contribution >= 0.6 is 23.1 Å². The second kappa shape index (κ2) is 9.24. The van der Waals surface area contributed by atoms with Gasteiger partial charge in [-0.3, -0.25) is 9.79 Å². The van der Waals surface area contributed by atoms with E-state index in [-0.39, 0.29) is 17.2 Å². The number of hydrogen-bond acceptors (Lipinski definition) is 7. The van der Waals surface area contributed by atoms with E-state index in [0.717, 1.165) is 17.0 Å². The maximum absolute atomic E-state index is 12.3. The van der Waals surface area contributed by atoms with Crippen LogP contribution in [-0.2, 0) is 6.42 Å². The van der Waals surface area contributed by atoms with Crippen LogP contribution in [0.1, 0.15) is 20.9 Å². The van der Waals surface area contributed by atoms with Crippen molar-refractivity contribution in [3.63, 3.8) is 0 Å². The number of benzene rings is 1. The van der Waals surface area contributed by atoms with Gasteiger partial charge in [-0.25, -0.2) is 4.98 Å². The molecule has 2 rings (SSSR count). The highest BCUT2D eigenvalue weighted by molar-refractivity contribution is 8.16. The molecule has 6 nitrogen and oxygen atoms in total. The number of amides is 1. The fourth-order valence-corrected chi connectivity index (χ4v) is 3.19. The van der Waals surface area contributed by atoms with Crippen LogP contribution in [0, 0.1) is 6.92 Å². The Kier molecular flexibility index (Phi) is 7.03. The summed E-state index contributed by atoms with van der Waals surface area (Å²) in [5.74, 6) is 0.00987. The number of aryl methyl sites for hydroxylation is 1. The first-order valence-electron chi connectivity index (χ1n) is 7.45. The molecule has 1 aromatic heterocycles. The zero-order valence-corrected chi connectivity index (χ0v) is 15.6. The number of nitrogens with one attached hydrogen (secondary N) is 1. The lowest BCUT2D eigenvalue weighted by molar-refractivity contribution is 0.0977. The molecule has 8 heteroatoms. The highest BCUT2D eigenvalue weighted by atomic mass is 32.2. The van der Waals surface area contributed by atoms with Gasteiger partial charge in [-0.05, 0) is 24.5 Å². The number of aliphatic imine (C=N–C) groups is 1. The summed E-state index contributed by atoms with van der Waals surface area (Å²) in [7, 11) is 1.57. The molecule has 2 N–H and O–H groups in total. The molecular weight excluding hydrogens is 358 g/mol. The number of thiazole rings is 1. The van der Waals surface area contributed by atoms with Crippen LogP contribution in [-0.4, -0.2) is 34.8 Å². The molecule has 0 aliphatic heterocycles. The van der Waals surface area contributed by atoms with Crippen molar-refractivity contribution in [1.82, 2.24) is 10.3 Å². The maximum Gasteiger partial charge on any atom is 0.257 e. The number of carbonyl (C=O) groups excluding carboxylic acids is 1. The van der Waals surface area contributed by atoms with Gasteiger partial charge in [-0.2, -0.15) is 0 Å². The average Bonchev–Trinajstić information content (AvgIpc) is 2.99. The Hall–Kier alpha value is -2.32. The standard InChI is InChI=1S/C17H19N3O3S2/c1-4-24-17(18-3)20-16(22)12-7-13(21)9-14(8-12)23-6-5-15-11(2)19-10-25-15/h4,7-10,21H,1,5-6H2,2-3H3,(H,18,20,22). The highest BCUT2D eigenvalue weighted by Gasteiger charge is 2.12. The number of amidine groups is 1. The zero-order chi connectivity index (χ0) is 18.2. The smallest absolute Gasteiger partial charge is 0.257 e. The van der Waals surface area contributed by atoms with Crippen LogP contribution in [0.4, 0.5) is 0 Å². The lowest BCUT2D eigenvalue weighted by atomic mass is 10.2. The third-order valence-electron chi connectivity index (χ3n) is 3.21. The van der Waals surface area contributed by atoms with Gasteiger partial charge < -0.3 is 15.2 Å². The van der Waals surface area contributed by atoms with Crippen LogP contribution in [0.25, 0.3) is 0 Å². The van der Waals surface area contributed by atoms with E-state index in [0.29, 0.717) is 17.5 Å². The Morgan fingerprint density at radius 2 is 2.32 bits per heavy atom. The minimum atomic E-state index is -0.381. The number of phenolic OH excluding ortho intramolecular Hbond substituents is 1. The highest BCUT2D eigenvalue weighted by Crippen LogP contribution is 2.23. The first kappa shape index (κ1) is 19.0. The van der Waals surface area contributed by atoms with Crippen LogP contribution in [0.2, 0.25) is 0 Å². The van der Waals surface area contributed by atoms with Gasteiger partial charge >= 0.3 is 0 Å². The molecule has 0 aliphatic carbocycles. The molecule has 0 aliphatic rings. The number of hydrogen-bond donors (Lipinski definition) is 2. The molecule has 0 bridgehead atoms. The minimum absolute atomic E-state index is 0.0389. The summed E-state index contributed by atoms with van der Waals surface area (Å²) in [5, 5.41) is 14.5. The molecular formula is C17H19N3O3S2. The van der Waals surface area contributed by atoms with Crippen molar-refractivity contribution >= 4 is 34.2 Å². The van der Waals surface area contributed by atoms with Gasteiger partial charge in [0.15, 0.2) is 5.17 Å². The van der Waals surface area contributed by atoms with E-state index >= 15 is 0 Å². The second-order valence-electron chi connectivity index (χ2n) is 4.94. The second-order valence-corrected chi connectivity index (χ2v) is 6.84. The first-order chi connectivity index (χ1) is 12.0. The Morgan fingerprint density at radius 1 is 1.52 bits per heavy atom. The molecule has 1 heterocycles. The summed E-state index contributed by atoms with van der Waals surface area (Å²) in [6.07, 6.45) is 0.719. The molecule has 0 spiro atoms. The molecule has 25 heavy (non-hydrogen) atoms. The third kappa shape index (κ3) is 5.61. The molecule has 0 saturated heterocycles. The summed E-state index contributed by atoms with van der Waals surface area (Å²) in [4.78, 5) is 21.6. The number of aromatic nitrogens is 1. The first-order valence-corrected chi connectivity index (χ1v) is 9.21. The number of ether oxygens (including phenoxy) is 1. The van der Waals surface area contributed by atoms with Crippen molar-refractivity contribution in [2.45, 2.75) is 13.3 Å². The van der Waals surface area contributed by atoms with Crippen LogP contribution < -0.4 is 10.1 Å². The van der Waals surface area contributed by atoms with E-state index in [9.17, 15) is 9.90 Å². The Bertz CT molecular complexity index is 787. The largest absolute Gasteiger partial charge is 0.508 e. The van der Waals surface area contributed by atoms with E-state index in [4.69, 9.17) is 4.74 Å². The van der Waals surface area contributed by atoms with Crippen LogP contribution in [0.15, 0.2) is 40.7 Å². The molecule has 1 amide bonds. The van der Waals surface area contributed by atoms with Crippen molar-refractivity contribution in [2.75, 3.05) is 13.7 Å². The monoisotopic (exact) mass is 377 g/mol. The maximum atomic E-state index is 12.3. The van der Waals surface area contributed by atoms with E-state index in [2.05, 4.69) is 21.9 Å². The van der Waals surface area contributed by atoms with E-state index in [1.807, 2.05) is 6.92 Å². The molecule has 0 unspecified atom stereocenters. The van der Waals surface area contributed by atoms with Gasteiger partial charge in [-0.15, -0.1) is 11.3 Å². The van der Waals surface area contributed by atoms with Crippen molar-refractivity contribution in [2.24, 2.45) is 4.99 Å². The topological polar surface area (TPSA) is 83.8 Å². The average molecular weight is 377 g/mol. The summed E-state index contributed by atoms with van der Waals surface area (Å²) >= 11 is 2.79. The van der Waals surface area contributed by atoms with Gasteiger partial charge in [0, 0.05) is 30.0 Å². The van der Waals surface area contributed by atoms with Crippen molar-refractivity contribution in [3.05, 3.63) is 51.8 Å². The van der Waals surface area contributed by atoms with Gasteiger partial charge in [0.05, 0.1) is 17.8 Å². The predicted octanol–water partition coefficient (Wildman–Crippen LogP) is 3.37. The van der Waals surface area contributed by atoms with Crippen LogP contribution in [0.3, 0.4) is 0 Å². The summed E-state index contributed by atoms with van der Waals surface area (Å²) in [5.41, 5.74) is 3.08. The molecule has 0 saturated carbocycles. The number of aromatic hydroxyl groups is 1. The lowest BCUT2D eigenvalue weighted by Crippen LogP contribution is -2.28. The van der Waals surface area contributed by atoms with Crippen molar-refractivity contribution in [1.29, 1.82) is 0 Å². The summed E-state index contributed by atoms with van der Waals surface area (Å²) < 4.78 is 5.67. The zero-order valence-electron chi connectivity index (χ0n) is 14.0. The van der Waals surface area contributed by atoms with Gasteiger partial charge in [0.1, 0.15) is 11.5 Å². The molecule has 0 radical (unpaired) electrons. The van der Waals surface area contributed by atoms with Gasteiger partial charge in [0.25, 0.3) is 5.91 Å². The number of rotatable bonds is 6. The fourth-order valence-electron chi connectivity index (χ4n) is 2.01. The quantitative estimate of drug-likeness (QED) is 0.596. The molecule has 132 valence electrons. The fraction of sp³-hybridized carbons (Fsp3) is 0.235. The van der Waals surface area contributed by atoms with E-state index in [1.54, 1.807) is 35.4 Å². The molecule has 1 aromatic carbocycles. The predicted molar refractivity (Wildman–Crippen MR) is 103 cm³/mol. The normalized spacial score (nSPS) is 11.2. The summed E-state index contributed by atoms with van der Waals surface area (Å²) in [6, 6.07) is 4.44. The van der Waals surface area contributed by atoms with Crippen molar-refractivity contribution < 1.29 is 14.6 Å². The van der Waals surface area contributed by atoms with Crippen molar-refractivity contribution in [3.8, 4) is 11.5 Å². The molecule has 0 fully saturated rings. The van der Waals surface area contributed by atoms with Gasteiger partial charge in [0.2, 0.25) is 0 Å². The number of nitrogens with zero attached hydrogens (tertiary/aromatic N) is 2. The Morgan fingerprint density at radius 3 is 2.96 bits per heavy atom.